The lowest BCUT2D eigenvalue weighted by Gasteiger charge is -2.34. The second kappa shape index (κ2) is 10.2. The summed E-state index contributed by atoms with van der Waals surface area (Å²) in [6, 6.07) is 7.23. The van der Waals surface area contributed by atoms with Gasteiger partial charge in [-0.1, -0.05) is 12.1 Å². The number of hydrogen-bond donors (Lipinski definition) is 2. The van der Waals surface area contributed by atoms with E-state index in [1.165, 1.54) is 12.0 Å². The van der Waals surface area contributed by atoms with Crippen LogP contribution in [0.15, 0.2) is 35.5 Å². The van der Waals surface area contributed by atoms with Crippen LogP contribution >= 0.6 is 0 Å². The standard InChI is InChI=1S/C23H31N3O7/c1-23(2,3)33-22(30)26-10-12-32-18(14-26)15-5-7-16(8-6-15)24-19-17(21(29)31-4)13-25(9-11-27)20(19)28/h5-8,18,24,27H,9-14H2,1-4H3. The maximum atomic E-state index is 12.7. The normalized spacial score (nSPS) is 19.1. The Hall–Kier alpha value is -3.11. The number of β-amino-alcohol motifs (C(OH)–C–C–N with tert-alkyl or cyclic N) is 1. The van der Waals surface area contributed by atoms with Crippen LogP contribution in [0, 0.1) is 0 Å². The van der Waals surface area contributed by atoms with Crippen molar-refractivity contribution in [2.24, 2.45) is 0 Å². The summed E-state index contributed by atoms with van der Waals surface area (Å²) in [7, 11) is 1.26. The monoisotopic (exact) mass is 461 g/mol. The molecule has 10 nitrogen and oxygen atoms in total. The fourth-order valence-corrected chi connectivity index (χ4v) is 3.62. The summed E-state index contributed by atoms with van der Waals surface area (Å²) in [5.74, 6) is -0.974. The molecular formula is C23H31N3O7. The van der Waals surface area contributed by atoms with Crippen molar-refractivity contribution in [1.82, 2.24) is 9.80 Å². The van der Waals surface area contributed by atoms with Gasteiger partial charge < -0.3 is 34.4 Å². The first-order valence-electron chi connectivity index (χ1n) is 10.8. The Morgan fingerprint density at radius 1 is 1.24 bits per heavy atom. The zero-order valence-corrected chi connectivity index (χ0v) is 19.4. The highest BCUT2D eigenvalue weighted by Gasteiger charge is 2.34. The van der Waals surface area contributed by atoms with Gasteiger partial charge in [-0.3, -0.25) is 4.79 Å². The molecule has 0 spiro atoms. The molecule has 2 amide bonds. The Labute approximate surface area is 193 Å². The van der Waals surface area contributed by atoms with Crippen molar-refractivity contribution in [3.05, 3.63) is 41.1 Å². The number of anilines is 1. The predicted molar refractivity (Wildman–Crippen MR) is 119 cm³/mol. The molecule has 0 radical (unpaired) electrons. The number of methoxy groups -OCH3 is 1. The number of esters is 1. The van der Waals surface area contributed by atoms with Crippen LogP contribution in [0.4, 0.5) is 10.5 Å². The van der Waals surface area contributed by atoms with Gasteiger partial charge in [0.1, 0.15) is 17.4 Å². The van der Waals surface area contributed by atoms with E-state index >= 15 is 0 Å². The molecule has 2 heterocycles. The molecule has 0 bridgehead atoms. The van der Waals surface area contributed by atoms with E-state index in [0.29, 0.717) is 25.4 Å². The molecule has 1 fully saturated rings. The fraction of sp³-hybridized carbons (Fsp3) is 0.522. The third-order valence-electron chi connectivity index (χ3n) is 5.22. The van der Waals surface area contributed by atoms with Crippen molar-refractivity contribution in [3.63, 3.8) is 0 Å². The molecule has 1 atom stereocenters. The van der Waals surface area contributed by atoms with Crippen LogP contribution in [0.25, 0.3) is 0 Å². The van der Waals surface area contributed by atoms with Crippen molar-refractivity contribution in [3.8, 4) is 0 Å². The minimum Gasteiger partial charge on any atom is -0.466 e. The number of carbonyl (C=O) groups excluding carboxylic acids is 3. The molecule has 33 heavy (non-hydrogen) atoms. The molecule has 180 valence electrons. The van der Waals surface area contributed by atoms with E-state index in [0.717, 1.165) is 5.56 Å². The maximum Gasteiger partial charge on any atom is 0.410 e. The van der Waals surface area contributed by atoms with Gasteiger partial charge in [-0.15, -0.1) is 0 Å². The molecular weight excluding hydrogens is 430 g/mol. The number of ether oxygens (including phenoxy) is 3. The molecule has 2 N–H and O–H groups in total. The van der Waals surface area contributed by atoms with E-state index in [1.807, 2.05) is 32.9 Å². The molecule has 3 rings (SSSR count). The predicted octanol–water partition coefficient (Wildman–Crippen LogP) is 1.67. The molecule has 0 aromatic heterocycles. The van der Waals surface area contributed by atoms with Gasteiger partial charge in [-0.2, -0.15) is 0 Å². The lowest BCUT2D eigenvalue weighted by atomic mass is 10.1. The highest BCUT2D eigenvalue weighted by molar-refractivity contribution is 6.08. The third kappa shape index (κ3) is 6.02. The summed E-state index contributed by atoms with van der Waals surface area (Å²) in [6.45, 7) is 6.70. The van der Waals surface area contributed by atoms with Crippen LogP contribution in [-0.4, -0.2) is 85.0 Å². The Morgan fingerprint density at radius 2 is 1.94 bits per heavy atom. The SMILES string of the molecule is COC(=O)C1=C(Nc2ccc(C3CN(C(=O)OC(C)(C)C)CCO3)cc2)C(=O)N(CCO)C1. The maximum absolute atomic E-state index is 12.7. The molecule has 0 aliphatic carbocycles. The molecule has 2 aliphatic heterocycles. The number of hydrogen-bond acceptors (Lipinski definition) is 8. The van der Waals surface area contributed by atoms with Gasteiger partial charge in [0.15, 0.2) is 0 Å². The highest BCUT2D eigenvalue weighted by Crippen LogP contribution is 2.27. The second-order valence-corrected chi connectivity index (χ2v) is 8.83. The van der Waals surface area contributed by atoms with Gasteiger partial charge in [0.25, 0.3) is 5.91 Å². The summed E-state index contributed by atoms with van der Waals surface area (Å²) in [4.78, 5) is 40.2. The third-order valence-corrected chi connectivity index (χ3v) is 5.22. The first-order chi connectivity index (χ1) is 15.6. The highest BCUT2D eigenvalue weighted by atomic mass is 16.6. The van der Waals surface area contributed by atoms with Gasteiger partial charge >= 0.3 is 12.1 Å². The molecule has 1 unspecified atom stereocenters. The van der Waals surface area contributed by atoms with E-state index in [-0.39, 0.29) is 49.1 Å². The van der Waals surface area contributed by atoms with E-state index in [2.05, 4.69) is 5.32 Å². The van der Waals surface area contributed by atoms with Gasteiger partial charge in [0.05, 0.1) is 39.0 Å². The topological polar surface area (TPSA) is 118 Å². The van der Waals surface area contributed by atoms with Gasteiger partial charge in [-0.25, -0.2) is 9.59 Å². The number of aliphatic hydroxyl groups excluding tert-OH is 1. The van der Waals surface area contributed by atoms with E-state index in [1.54, 1.807) is 17.0 Å². The largest absolute Gasteiger partial charge is 0.466 e. The molecule has 10 heteroatoms. The zero-order chi connectivity index (χ0) is 24.2. The zero-order valence-electron chi connectivity index (χ0n) is 19.4. The second-order valence-electron chi connectivity index (χ2n) is 8.83. The van der Waals surface area contributed by atoms with Crippen LogP contribution in [0.3, 0.4) is 0 Å². The van der Waals surface area contributed by atoms with Crippen LogP contribution in [-0.2, 0) is 23.8 Å². The Morgan fingerprint density at radius 3 is 2.55 bits per heavy atom. The van der Waals surface area contributed by atoms with E-state index in [4.69, 9.17) is 14.2 Å². The summed E-state index contributed by atoms with van der Waals surface area (Å²) in [5, 5.41) is 12.2. The summed E-state index contributed by atoms with van der Waals surface area (Å²) < 4.78 is 16.1. The average Bonchev–Trinajstić information content (AvgIpc) is 3.08. The Balaban J connectivity index is 1.70. The van der Waals surface area contributed by atoms with Crippen molar-refractivity contribution in [2.75, 3.05) is 51.8 Å². The smallest absolute Gasteiger partial charge is 0.410 e. The molecule has 1 saturated heterocycles. The molecule has 2 aliphatic rings. The minimum atomic E-state index is -0.597. The van der Waals surface area contributed by atoms with Crippen molar-refractivity contribution in [2.45, 2.75) is 32.5 Å². The Bertz CT molecular complexity index is 921. The van der Waals surface area contributed by atoms with Gasteiger partial charge in [0, 0.05) is 18.8 Å². The number of nitrogens with one attached hydrogen (secondary N) is 1. The summed E-state index contributed by atoms with van der Waals surface area (Å²) >= 11 is 0. The number of morpholine rings is 1. The number of amides is 2. The molecule has 1 aromatic rings. The van der Waals surface area contributed by atoms with Crippen molar-refractivity contribution >= 4 is 23.7 Å². The van der Waals surface area contributed by atoms with E-state index in [9.17, 15) is 19.5 Å². The number of nitrogens with zero attached hydrogens (tertiary/aromatic N) is 2. The molecule has 0 saturated carbocycles. The summed E-state index contributed by atoms with van der Waals surface area (Å²) in [5.41, 5.74) is 1.25. The fourth-order valence-electron chi connectivity index (χ4n) is 3.62. The first kappa shape index (κ1) is 24.5. The molecule has 1 aromatic carbocycles. The van der Waals surface area contributed by atoms with Crippen LogP contribution < -0.4 is 5.32 Å². The average molecular weight is 462 g/mol. The number of carbonyl (C=O) groups is 3. The van der Waals surface area contributed by atoms with Crippen molar-refractivity contribution < 1.29 is 33.7 Å². The number of aliphatic hydroxyl groups is 1. The lowest BCUT2D eigenvalue weighted by molar-refractivity contribution is -0.136. The van der Waals surface area contributed by atoms with Crippen LogP contribution in [0.2, 0.25) is 0 Å². The summed E-state index contributed by atoms with van der Waals surface area (Å²) in [6.07, 6.45) is -0.679. The lowest BCUT2D eigenvalue weighted by Crippen LogP contribution is -2.44. The van der Waals surface area contributed by atoms with Crippen LogP contribution in [0.1, 0.15) is 32.4 Å². The quantitative estimate of drug-likeness (QED) is 0.615. The van der Waals surface area contributed by atoms with Crippen molar-refractivity contribution in [1.29, 1.82) is 0 Å². The number of benzene rings is 1. The van der Waals surface area contributed by atoms with Gasteiger partial charge in [-0.05, 0) is 38.5 Å². The van der Waals surface area contributed by atoms with Crippen LogP contribution in [0.5, 0.6) is 0 Å². The first-order valence-corrected chi connectivity index (χ1v) is 10.8. The van der Waals surface area contributed by atoms with E-state index < -0.39 is 11.6 Å². The Kier molecular flexibility index (Phi) is 7.60. The van der Waals surface area contributed by atoms with Gasteiger partial charge in [0.2, 0.25) is 0 Å². The number of rotatable bonds is 6. The minimum absolute atomic E-state index is 0.0723.